The number of carbonyl (C=O) groups is 3. The molecule has 0 heterocycles. The van der Waals surface area contributed by atoms with E-state index in [-0.39, 0.29) is 33.5 Å². The zero-order chi connectivity index (χ0) is 23.8. The Kier molecular flexibility index (Phi) is 8.52. The third kappa shape index (κ3) is 6.60. The zero-order valence-corrected chi connectivity index (χ0v) is 19.4. The van der Waals surface area contributed by atoms with Gasteiger partial charge in [0.25, 0.3) is 5.91 Å². The van der Waals surface area contributed by atoms with Crippen molar-refractivity contribution < 1.29 is 19.1 Å². The van der Waals surface area contributed by atoms with Crippen LogP contribution in [0.25, 0.3) is 10.8 Å². The number of amides is 3. The van der Waals surface area contributed by atoms with Crippen molar-refractivity contribution in [2.24, 2.45) is 0 Å². The highest BCUT2D eigenvalue weighted by Gasteiger charge is 2.17. The first-order chi connectivity index (χ1) is 15.9. The van der Waals surface area contributed by atoms with Crippen molar-refractivity contribution in [2.45, 2.75) is 19.8 Å². The van der Waals surface area contributed by atoms with E-state index in [1.165, 1.54) is 0 Å². The van der Waals surface area contributed by atoms with Crippen molar-refractivity contribution in [2.75, 3.05) is 23.8 Å². The molecule has 9 heteroatoms. The van der Waals surface area contributed by atoms with Gasteiger partial charge in [0, 0.05) is 0 Å². The van der Waals surface area contributed by atoms with Gasteiger partial charge in [-0.2, -0.15) is 0 Å². The molecule has 0 saturated heterocycles. The van der Waals surface area contributed by atoms with Crippen LogP contribution in [-0.4, -0.2) is 31.1 Å². The Morgan fingerprint density at radius 3 is 2.24 bits per heavy atom. The number of fused-ring (bicyclic) bond motifs is 1. The largest absolute Gasteiger partial charge is 0.464 e. The summed E-state index contributed by atoms with van der Waals surface area (Å²) >= 11 is 12.2. The second kappa shape index (κ2) is 11.5. The number of carbonyl (C=O) groups excluding carboxylic acids is 3. The summed E-state index contributed by atoms with van der Waals surface area (Å²) in [7, 11) is 0. The normalized spacial score (nSPS) is 10.5. The molecule has 0 saturated carbocycles. The molecule has 0 unspecified atom stereocenters. The molecule has 0 spiro atoms. The molecular formula is C24H23Cl2N3O4. The van der Waals surface area contributed by atoms with Gasteiger partial charge in [0.2, 0.25) is 0 Å². The highest BCUT2D eigenvalue weighted by atomic mass is 35.5. The predicted octanol–water partition coefficient (Wildman–Crippen LogP) is 5.86. The number of unbranched alkanes of at least 4 members (excludes halogenated alkanes) is 1. The van der Waals surface area contributed by atoms with Gasteiger partial charge in [-0.15, -0.1) is 0 Å². The molecule has 7 nitrogen and oxygen atoms in total. The Bertz CT molecular complexity index is 1160. The first-order valence-corrected chi connectivity index (χ1v) is 11.1. The molecular weight excluding hydrogens is 465 g/mol. The lowest BCUT2D eigenvalue weighted by Crippen LogP contribution is -2.32. The first-order valence-electron chi connectivity index (χ1n) is 10.4. The van der Waals surface area contributed by atoms with Crippen LogP contribution in [-0.2, 0) is 9.53 Å². The van der Waals surface area contributed by atoms with E-state index in [0.29, 0.717) is 6.61 Å². The lowest BCUT2D eigenvalue weighted by molar-refractivity contribution is -0.142. The summed E-state index contributed by atoms with van der Waals surface area (Å²) in [4.78, 5) is 37.4. The molecule has 3 N–H and O–H groups in total. The van der Waals surface area contributed by atoms with Gasteiger partial charge in [-0.3, -0.25) is 9.59 Å². The van der Waals surface area contributed by atoms with Crippen LogP contribution in [0.2, 0.25) is 10.0 Å². The van der Waals surface area contributed by atoms with E-state index in [2.05, 4.69) is 16.0 Å². The minimum Gasteiger partial charge on any atom is -0.464 e. The van der Waals surface area contributed by atoms with Gasteiger partial charge < -0.3 is 20.7 Å². The summed E-state index contributed by atoms with van der Waals surface area (Å²) in [6, 6.07) is 14.9. The van der Waals surface area contributed by atoms with E-state index in [0.717, 1.165) is 23.6 Å². The van der Waals surface area contributed by atoms with Crippen LogP contribution < -0.4 is 16.0 Å². The maximum atomic E-state index is 12.9. The SMILES string of the molecule is CCCCOC(=O)CNC(=O)c1cc2ccccc2cc1NC(=O)Nc1c(Cl)cccc1Cl. The first kappa shape index (κ1) is 24.4. The van der Waals surface area contributed by atoms with Gasteiger partial charge in [-0.05, 0) is 41.5 Å². The Hall–Kier alpha value is -3.29. The maximum Gasteiger partial charge on any atom is 0.325 e. The fourth-order valence-corrected chi connectivity index (χ4v) is 3.54. The summed E-state index contributed by atoms with van der Waals surface area (Å²) in [6.45, 7) is 2.01. The number of nitrogens with one attached hydrogen (secondary N) is 3. The third-order valence-corrected chi connectivity index (χ3v) is 5.36. The molecule has 0 bridgehead atoms. The van der Waals surface area contributed by atoms with Crippen LogP contribution in [0.15, 0.2) is 54.6 Å². The maximum absolute atomic E-state index is 12.9. The molecule has 0 aliphatic carbocycles. The van der Waals surface area contributed by atoms with Crippen LogP contribution in [0.1, 0.15) is 30.1 Å². The Balaban J connectivity index is 1.80. The smallest absolute Gasteiger partial charge is 0.325 e. The molecule has 0 aromatic heterocycles. The molecule has 0 fully saturated rings. The average molecular weight is 488 g/mol. The number of urea groups is 1. The molecule has 3 aromatic carbocycles. The van der Waals surface area contributed by atoms with Crippen LogP contribution in [0.5, 0.6) is 0 Å². The minimum atomic E-state index is -0.631. The quantitative estimate of drug-likeness (QED) is 0.273. The van der Waals surface area contributed by atoms with E-state index in [1.807, 2.05) is 31.2 Å². The Labute approximate surface area is 201 Å². The van der Waals surface area contributed by atoms with Gasteiger partial charge in [-0.25, -0.2) is 4.79 Å². The molecule has 3 amide bonds. The van der Waals surface area contributed by atoms with Crippen molar-refractivity contribution >= 4 is 63.3 Å². The number of hydrogen-bond donors (Lipinski definition) is 3. The summed E-state index contributed by atoms with van der Waals surface area (Å²) in [6.07, 6.45) is 1.65. The number of ether oxygens (including phenoxy) is 1. The van der Waals surface area contributed by atoms with Gasteiger partial charge in [0.15, 0.2) is 0 Å². The van der Waals surface area contributed by atoms with E-state index in [4.69, 9.17) is 27.9 Å². The van der Waals surface area contributed by atoms with Crippen molar-refractivity contribution in [3.8, 4) is 0 Å². The molecule has 33 heavy (non-hydrogen) atoms. The van der Waals surface area contributed by atoms with E-state index in [9.17, 15) is 14.4 Å². The van der Waals surface area contributed by atoms with E-state index < -0.39 is 17.9 Å². The number of hydrogen-bond acceptors (Lipinski definition) is 4. The summed E-state index contributed by atoms with van der Waals surface area (Å²) in [5.41, 5.74) is 0.696. The van der Waals surface area contributed by atoms with Gasteiger partial charge >= 0.3 is 12.0 Å². The number of esters is 1. The van der Waals surface area contributed by atoms with E-state index >= 15 is 0 Å². The van der Waals surface area contributed by atoms with Crippen molar-refractivity contribution in [3.63, 3.8) is 0 Å². The van der Waals surface area contributed by atoms with Gasteiger partial charge in [0.1, 0.15) is 6.54 Å². The number of rotatable bonds is 8. The zero-order valence-electron chi connectivity index (χ0n) is 17.9. The van der Waals surface area contributed by atoms with Crippen LogP contribution in [0, 0.1) is 0 Å². The monoisotopic (exact) mass is 487 g/mol. The Morgan fingerprint density at radius 2 is 1.58 bits per heavy atom. The summed E-state index contributed by atoms with van der Waals surface area (Å²) in [5.74, 6) is -1.06. The van der Waals surface area contributed by atoms with Crippen molar-refractivity contribution in [1.82, 2.24) is 5.32 Å². The molecule has 0 aliphatic heterocycles. The van der Waals surface area contributed by atoms with E-state index in [1.54, 1.807) is 30.3 Å². The van der Waals surface area contributed by atoms with Crippen molar-refractivity contribution in [3.05, 3.63) is 70.2 Å². The molecule has 3 aromatic rings. The molecule has 0 aliphatic rings. The minimum absolute atomic E-state index is 0.190. The number of benzene rings is 3. The third-order valence-electron chi connectivity index (χ3n) is 4.73. The topological polar surface area (TPSA) is 96.5 Å². The van der Waals surface area contributed by atoms with Gasteiger partial charge in [0.05, 0.1) is 33.6 Å². The highest BCUT2D eigenvalue weighted by molar-refractivity contribution is 6.39. The number of halogens is 2. The second-order valence-corrected chi connectivity index (χ2v) is 7.99. The average Bonchev–Trinajstić information content (AvgIpc) is 2.79. The predicted molar refractivity (Wildman–Crippen MR) is 131 cm³/mol. The lowest BCUT2D eigenvalue weighted by atomic mass is 10.0. The van der Waals surface area contributed by atoms with Crippen molar-refractivity contribution in [1.29, 1.82) is 0 Å². The van der Waals surface area contributed by atoms with Gasteiger partial charge in [-0.1, -0.05) is 66.9 Å². The molecule has 172 valence electrons. The number of para-hydroxylation sites is 1. The molecule has 0 atom stereocenters. The van der Waals surface area contributed by atoms with Crippen LogP contribution in [0.3, 0.4) is 0 Å². The molecule has 3 rings (SSSR count). The van der Waals surface area contributed by atoms with Crippen LogP contribution in [0.4, 0.5) is 16.2 Å². The second-order valence-electron chi connectivity index (χ2n) is 7.18. The fraction of sp³-hybridized carbons (Fsp3) is 0.208. The highest BCUT2D eigenvalue weighted by Crippen LogP contribution is 2.30. The van der Waals surface area contributed by atoms with Crippen LogP contribution >= 0.6 is 23.2 Å². The molecule has 0 radical (unpaired) electrons. The fourth-order valence-electron chi connectivity index (χ4n) is 3.04. The number of anilines is 2. The standard InChI is InChI=1S/C24H23Cl2N3O4/c1-2-3-11-33-21(30)14-27-23(31)17-12-15-7-4-5-8-16(15)13-20(17)28-24(32)29-22-18(25)9-6-10-19(22)26/h4-10,12-13H,2-3,11,14H2,1H3,(H,27,31)(H2,28,29,32). The Morgan fingerprint density at radius 1 is 0.909 bits per heavy atom. The summed E-state index contributed by atoms with van der Waals surface area (Å²) < 4.78 is 5.06. The summed E-state index contributed by atoms with van der Waals surface area (Å²) in [5, 5.41) is 9.98. The lowest BCUT2D eigenvalue weighted by Gasteiger charge is -2.15.